The number of nitrogens with one attached hydrogen (secondary N) is 1. The molecule has 0 bridgehead atoms. The lowest BCUT2D eigenvalue weighted by molar-refractivity contribution is 0.457. The molecule has 1 aromatic carbocycles. The smallest absolute Gasteiger partial charge is 0.294 e. The molecule has 0 saturated heterocycles. The van der Waals surface area contributed by atoms with Crippen LogP contribution in [-0.2, 0) is 0 Å². The van der Waals surface area contributed by atoms with Gasteiger partial charge in [0.25, 0.3) is 5.56 Å². The maximum atomic E-state index is 12.8. The Morgan fingerprint density at radius 1 is 1.30 bits per heavy atom. The fourth-order valence-electron chi connectivity index (χ4n) is 2.71. The summed E-state index contributed by atoms with van der Waals surface area (Å²) in [6.45, 7) is 8.20. The number of benzene rings is 1. The molecule has 1 heterocycles. The van der Waals surface area contributed by atoms with E-state index in [0.29, 0.717) is 5.15 Å². The van der Waals surface area contributed by atoms with E-state index in [9.17, 15) is 4.79 Å². The van der Waals surface area contributed by atoms with Crippen molar-refractivity contribution in [3.05, 3.63) is 48.5 Å². The molecule has 0 aliphatic heterocycles. The summed E-state index contributed by atoms with van der Waals surface area (Å²) < 4.78 is 2.74. The van der Waals surface area contributed by atoms with Gasteiger partial charge in [-0.3, -0.25) is 4.79 Å². The Labute approximate surface area is 155 Å². The Bertz CT molecular complexity index is 746. The molecular formula is C17H21ClIN3O. The number of aryl methyl sites for hydroxylation is 2. The minimum atomic E-state index is -0.140. The van der Waals surface area contributed by atoms with Gasteiger partial charge in [-0.15, -0.1) is 0 Å². The van der Waals surface area contributed by atoms with Crippen LogP contribution >= 0.6 is 34.2 Å². The Morgan fingerprint density at radius 3 is 2.52 bits per heavy atom. The van der Waals surface area contributed by atoms with Gasteiger partial charge in [-0.2, -0.15) is 0 Å². The molecule has 0 aliphatic rings. The van der Waals surface area contributed by atoms with E-state index in [4.69, 9.17) is 11.6 Å². The molecule has 2 rings (SSSR count). The summed E-state index contributed by atoms with van der Waals surface area (Å²) in [6, 6.07) is 4.27. The van der Waals surface area contributed by atoms with Crippen molar-refractivity contribution in [2.45, 2.75) is 46.6 Å². The van der Waals surface area contributed by atoms with Gasteiger partial charge in [-0.25, -0.2) is 4.98 Å². The number of rotatable bonds is 5. The summed E-state index contributed by atoms with van der Waals surface area (Å²) in [5.74, 6) is 0.272. The van der Waals surface area contributed by atoms with Gasteiger partial charge in [0.2, 0.25) is 0 Å². The normalized spacial score (nSPS) is 11.1. The van der Waals surface area contributed by atoms with Crippen molar-refractivity contribution in [3.8, 4) is 0 Å². The predicted octanol–water partition coefficient (Wildman–Crippen LogP) is 5.22. The van der Waals surface area contributed by atoms with Crippen molar-refractivity contribution in [1.29, 1.82) is 0 Å². The number of anilines is 2. The molecule has 0 aliphatic carbocycles. The molecule has 6 heteroatoms. The van der Waals surface area contributed by atoms with Crippen molar-refractivity contribution in [2.75, 3.05) is 5.32 Å². The fourth-order valence-corrected chi connectivity index (χ4v) is 3.95. The quantitative estimate of drug-likeness (QED) is 0.642. The molecule has 0 atom stereocenters. The highest BCUT2D eigenvalue weighted by molar-refractivity contribution is 14.1. The van der Waals surface area contributed by atoms with Crippen LogP contribution in [0.5, 0.6) is 0 Å². The Balaban J connectivity index is 2.51. The standard InChI is InChI=1S/C17H21ClIN3O/c1-5-12(6-2)22-9-14(18)20-16(17(22)23)21-15-11(4)7-10(3)8-13(15)19/h7-9,12H,5-6H2,1-4H3,(H,20,21). The summed E-state index contributed by atoms with van der Waals surface area (Å²) in [5.41, 5.74) is 3.02. The number of aromatic nitrogens is 2. The van der Waals surface area contributed by atoms with E-state index < -0.39 is 0 Å². The molecule has 124 valence electrons. The highest BCUT2D eigenvalue weighted by Crippen LogP contribution is 2.27. The monoisotopic (exact) mass is 445 g/mol. The average Bonchev–Trinajstić information content (AvgIpc) is 2.48. The van der Waals surface area contributed by atoms with Crippen LogP contribution in [0.15, 0.2) is 23.1 Å². The largest absolute Gasteiger partial charge is 0.334 e. The van der Waals surface area contributed by atoms with Crippen molar-refractivity contribution in [1.82, 2.24) is 9.55 Å². The van der Waals surface area contributed by atoms with Gasteiger partial charge in [-0.1, -0.05) is 31.5 Å². The van der Waals surface area contributed by atoms with Gasteiger partial charge in [-0.05, 0) is 66.5 Å². The lowest BCUT2D eigenvalue weighted by Gasteiger charge is -2.18. The maximum absolute atomic E-state index is 12.8. The minimum Gasteiger partial charge on any atom is -0.334 e. The number of hydrogen-bond donors (Lipinski definition) is 1. The molecule has 0 radical (unpaired) electrons. The van der Waals surface area contributed by atoms with Gasteiger partial charge < -0.3 is 9.88 Å². The second kappa shape index (κ2) is 7.66. The Hall–Kier alpha value is -1.08. The van der Waals surface area contributed by atoms with E-state index in [1.807, 2.05) is 6.92 Å². The zero-order chi connectivity index (χ0) is 17.1. The van der Waals surface area contributed by atoms with E-state index in [1.54, 1.807) is 10.8 Å². The molecule has 1 N–H and O–H groups in total. The molecule has 0 unspecified atom stereocenters. The zero-order valence-corrected chi connectivity index (χ0v) is 16.7. The summed E-state index contributed by atoms with van der Waals surface area (Å²) >= 11 is 8.40. The summed E-state index contributed by atoms with van der Waals surface area (Å²) in [5, 5.41) is 3.50. The van der Waals surface area contributed by atoms with Crippen molar-refractivity contribution >= 4 is 45.7 Å². The molecule has 0 amide bonds. The van der Waals surface area contributed by atoms with Crippen molar-refractivity contribution in [2.24, 2.45) is 0 Å². The van der Waals surface area contributed by atoms with Gasteiger partial charge in [0.15, 0.2) is 5.82 Å². The maximum Gasteiger partial charge on any atom is 0.294 e. The van der Waals surface area contributed by atoms with Gasteiger partial charge in [0, 0.05) is 15.8 Å². The third-order valence-electron chi connectivity index (χ3n) is 3.91. The van der Waals surface area contributed by atoms with Crippen molar-refractivity contribution < 1.29 is 0 Å². The second-order valence-corrected chi connectivity index (χ2v) is 7.21. The first-order valence-electron chi connectivity index (χ1n) is 7.69. The number of hydrogen-bond acceptors (Lipinski definition) is 3. The van der Waals surface area contributed by atoms with Crippen LogP contribution in [-0.4, -0.2) is 9.55 Å². The summed E-state index contributed by atoms with van der Waals surface area (Å²) in [4.78, 5) is 17.0. The van der Waals surface area contributed by atoms with Gasteiger partial charge in [0.05, 0.1) is 5.69 Å². The summed E-state index contributed by atoms with van der Waals surface area (Å²) in [7, 11) is 0. The topological polar surface area (TPSA) is 46.9 Å². The van der Waals surface area contributed by atoms with Crippen LogP contribution < -0.4 is 10.9 Å². The molecule has 0 saturated carbocycles. The van der Waals surface area contributed by atoms with Gasteiger partial charge >= 0.3 is 0 Å². The number of nitrogens with zero attached hydrogens (tertiary/aromatic N) is 2. The van der Waals surface area contributed by atoms with Gasteiger partial charge in [0.1, 0.15) is 5.15 Å². The van der Waals surface area contributed by atoms with Crippen LogP contribution in [0.3, 0.4) is 0 Å². The molecule has 1 aromatic heterocycles. The predicted molar refractivity (Wildman–Crippen MR) is 105 cm³/mol. The Morgan fingerprint density at radius 2 is 1.96 bits per heavy atom. The molecule has 4 nitrogen and oxygen atoms in total. The van der Waals surface area contributed by atoms with E-state index >= 15 is 0 Å². The first-order chi connectivity index (χ1) is 10.9. The van der Waals surface area contributed by atoms with E-state index in [-0.39, 0.29) is 17.4 Å². The highest BCUT2D eigenvalue weighted by Gasteiger charge is 2.15. The lowest BCUT2D eigenvalue weighted by atomic mass is 10.1. The summed E-state index contributed by atoms with van der Waals surface area (Å²) in [6.07, 6.45) is 3.37. The molecular weight excluding hydrogens is 425 g/mol. The third-order valence-corrected chi connectivity index (χ3v) is 4.95. The highest BCUT2D eigenvalue weighted by atomic mass is 127. The lowest BCUT2D eigenvalue weighted by Crippen LogP contribution is -2.27. The molecule has 0 fully saturated rings. The molecule has 0 spiro atoms. The van der Waals surface area contributed by atoms with Crippen molar-refractivity contribution in [3.63, 3.8) is 0 Å². The third kappa shape index (κ3) is 4.07. The minimum absolute atomic E-state index is 0.127. The molecule has 23 heavy (non-hydrogen) atoms. The fraction of sp³-hybridized carbons (Fsp3) is 0.412. The zero-order valence-electron chi connectivity index (χ0n) is 13.8. The molecule has 2 aromatic rings. The number of halogens is 2. The second-order valence-electron chi connectivity index (χ2n) is 5.66. The van der Waals surface area contributed by atoms with Crippen LogP contribution in [0, 0.1) is 17.4 Å². The SMILES string of the molecule is CCC(CC)n1cc(Cl)nc(Nc2c(C)cc(C)cc2I)c1=O. The first-order valence-corrected chi connectivity index (χ1v) is 9.15. The van der Waals surface area contributed by atoms with Crippen LogP contribution in [0.4, 0.5) is 11.5 Å². The van der Waals surface area contributed by atoms with Crippen LogP contribution in [0.2, 0.25) is 5.15 Å². The first kappa shape index (κ1) is 18.3. The average molecular weight is 446 g/mol. The van der Waals surface area contributed by atoms with Crippen LogP contribution in [0.1, 0.15) is 43.9 Å². The van der Waals surface area contributed by atoms with E-state index in [0.717, 1.165) is 27.7 Å². The van der Waals surface area contributed by atoms with E-state index in [2.05, 4.69) is 65.8 Å². The Kier molecular flexibility index (Phi) is 6.08. The van der Waals surface area contributed by atoms with Crippen LogP contribution in [0.25, 0.3) is 0 Å². The van der Waals surface area contributed by atoms with E-state index in [1.165, 1.54) is 5.56 Å².